The van der Waals surface area contributed by atoms with Gasteiger partial charge in [-0.2, -0.15) is 21.6 Å². The van der Waals surface area contributed by atoms with E-state index in [0.29, 0.717) is 5.56 Å². The molecule has 1 aliphatic heterocycles. The lowest BCUT2D eigenvalue weighted by atomic mass is 9.89. The molecule has 0 radical (unpaired) electrons. The molecule has 2 aliphatic rings. The van der Waals surface area contributed by atoms with Gasteiger partial charge in [0.15, 0.2) is 0 Å². The third kappa shape index (κ3) is 2.86. The van der Waals surface area contributed by atoms with Crippen LogP contribution in [0.5, 0.6) is 0 Å². The minimum atomic E-state index is -5.46. The summed E-state index contributed by atoms with van der Waals surface area (Å²) in [6.45, 7) is 3.40. The van der Waals surface area contributed by atoms with Crippen molar-refractivity contribution >= 4 is 15.7 Å². The quantitative estimate of drug-likeness (QED) is 0.864. The lowest BCUT2D eigenvalue weighted by Gasteiger charge is -2.20. The molecule has 0 aromatic heterocycles. The minimum Gasteiger partial charge on any atom is -0.413 e. The van der Waals surface area contributed by atoms with Gasteiger partial charge in [-0.1, -0.05) is 6.07 Å². The number of hydroxylamine groups is 1. The Balaban J connectivity index is 1.97. The van der Waals surface area contributed by atoms with Gasteiger partial charge < -0.3 is 4.84 Å². The molecule has 1 heterocycles. The molecule has 2 N–H and O–H groups in total. The summed E-state index contributed by atoms with van der Waals surface area (Å²) in [4.78, 5) is 5.42. The number of fused-ring (bicyclic) bond motifs is 1. The average molecular weight is 362 g/mol. The Morgan fingerprint density at radius 2 is 1.96 bits per heavy atom. The highest BCUT2D eigenvalue weighted by atomic mass is 32.2. The van der Waals surface area contributed by atoms with E-state index in [9.17, 15) is 21.6 Å². The number of alkyl halides is 3. The molecule has 132 valence electrons. The van der Waals surface area contributed by atoms with E-state index in [1.165, 1.54) is 6.07 Å². The largest absolute Gasteiger partial charge is 0.516 e. The summed E-state index contributed by atoms with van der Waals surface area (Å²) >= 11 is 0. The predicted octanol–water partition coefficient (Wildman–Crippen LogP) is 3.43. The molecule has 5 nitrogen and oxygen atoms in total. The highest BCUT2D eigenvalue weighted by Crippen LogP contribution is 2.43. The summed E-state index contributed by atoms with van der Waals surface area (Å²) in [7, 11) is -5.46. The molecule has 0 spiro atoms. The molecule has 2 atom stereocenters. The van der Waals surface area contributed by atoms with Gasteiger partial charge in [-0.3, -0.25) is 4.72 Å². The molecule has 1 aromatic rings. The highest BCUT2D eigenvalue weighted by molar-refractivity contribution is 7.93. The van der Waals surface area contributed by atoms with Crippen LogP contribution in [0.15, 0.2) is 24.0 Å². The Morgan fingerprint density at radius 1 is 1.25 bits per heavy atom. The number of anilines is 1. The van der Waals surface area contributed by atoms with Crippen LogP contribution in [0.25, 0.3) is 0 Å². The van der Waals surface area contributed by atoms with Crippen molar-refractivity contribution in [1.29, 1.82) is 0 Å². The van der Waals surface area contributed by atoms with Gasteiger partial charge in [-0.05, 0) is 55.5 Å². The number of allylic oxidation sites excluding steroid dienone is 1. The Hall–Kier alpha value is -1.74. The molecule has 24 heavy (non-hydrogen) atoms. The molecular weight excluding hydrogens is 345 g/mol. The van der Waals surface area contributed by atoms with Gasteiger partial charge in [0, 0.05) is 5.92 Å². The number of benzene rings is 1. The van der Waals surface area contributed by atoms with Gasteiger partial charge in [0.05, 0.1) is 11.7 Å². The van der Waals surface area contributed by atoms with E-state index in [4.69, 9.17) is 4.84 Å². The van der Waals surface area contributed by atoms with E-state index < -0.39 is 15.5 Å². The maximum absolute atomic E-state index is 12.6. The van der Waals surface area contributed by atoms with Gasteiger partial charge in [-0.15, -0.1) is 5.48 Å². The number of hydrogen-bond donors (Lipinski definition) is 2. The SMILES string of the molecule is Cc1cc(C)c(C2NOC3=CCCC32)cc1NS(=O)(=O)C(F)(F)F. The maximum Gasteiger partial charge on any atom is 0.516 e. The van der Waals surface area contributed by atoms with Crippen LogP contribution in [0.2, 0.25) is 0 Å². The van der Waals surface area contributed by atoms with Crippen molar-refractivity contribution in [2.75, 3.05) is 4.72 Å². The van der Waals surface area contributed by atoms with E-state index in [-0.39, 0.29) is 17.6 Å². The molecule has 0 saturated carbocycles. The average Bonchev–Trinajstić information content (AvgIpc) is 3.03. The fraction of sp³-hybridized carbons (Fsp3) is 0.467. The lowest BCUT2D eigenvalue weighted by Crippen LogP contribution is -2.30. The maximum atomic E-state index is 12.6. The summed E-state index contributed by atoms with van der Waals surface area (Å²) in [5, 5.41) is 0. The number of nitrogens with one attached hydrogen (secondary N) is 2. The monoisotopic (exact) mass is 362 g/mol. The molecular formula is C15H17F3N2O3S. The van der Waals surface area contributed by atoms with Crippen molar-refractivity contribution in [2.24, 2.45) is 5.92 Å². The molecule has 2 unspecified atom stereocenters. The molecule has 1 aromatic carbocycles. The van der Waals surface area contributed by atoms with Crippen LogP contribution in [-0.4, -0.2) is 13.9 Å². The van der Waals surface area contributed by atoms with Crippen LogP contribution in [0, 0.1) is 19.8 Å². The van der Waals surface area contributed by atoms with E-state index in [2.05, 4.69) is 5.48 Å². The molecule has 0 bridgehead atoms. The molecule has 3 rings (SSSR count). The molecule has 1 aliphatic carbocycles. The second kappa shape index (κ2) is 5.66. The Kier molecular flexibility index (Phi) is 4.03. The van der Waals surface area contributed by atoms with Crippen LogP contribution in [0.4, 0.5) is 18.9 Å². The normalized spacial score (nSPS) is 23.6. The number of hydrogen-bond acceptors (Lipinski definition) is 4. The van der Waals surface area contributed by atoms with E-state index in [1.54, 1.807) is 17.7 Å². The van der Waals surface area contributed by atoms with Crippen molar-refractivity contribution in [3.05, 3.63) is 40.7 Å². The van der Waals surface area contributed by atoms with Crippen LogP contribution in [0.3, 0.4) is 0 Å². The van der Waals surface area contributed by atoms with Gasteiger partial charge in [0.25, 0.3) is 0 Å². The van der Waals surface area contributed by atoms with Gasteiger partial charge in [0.1, 0.15) is 5.76 Å². The standard InChI is InChI=1S/C15H17F3N2O3S/c1-8-6-9(2)12(20-24(21,22)15(16,17)18)7-11(8)14-10-4-3-5-13(10)23-19-14/h5-7,10,14,19-20H,3-4H2,1-2H3. The third-order valence-electron chi connectivity index (χ3n) is 4.39. The molecule has 0 amide bonds. The Labute approximate surface area is 137 Å². The topological polar surface area (TPSA) is 67.4 Å². The van der Waals surface area contributed by atoms with Crippen LogP contribution < -0.4 is 10.2 Å². The van der Waals surface area contributed by atoms with Gasteiger partial charge in [-0.25, -0.2) is 0 Å². The predicted molar refractivity (Wildman–Crippen MR) is 82.3 cm³/mol. The number of rotatable bonds is 3. The minimum absolute atomic E-state index is 0.0786. The fourth-order valence-corrected chi connectivity index (χ4v) is 3.78. The molecule has 9 heteroatoms. The summed E-state index contributed by atoms with van der Waals surface area (Å²) < 4.78 is 62.3. The zero-order chi connectivity index (χ0) is 17.7. The lowest BCUT2D eigenvalue weighted by molar-refractivity contribution is -0.0429. The highest BCUT2D eigenvalue weighted by Gasteiger charge is 2.46. The van der Waals surface area contributed by atoms with E-state index in [0.717, 1.165) is 29.7 Å². The van der Waals surface area contributed by atoms with E-state index >= 15 is 0 Å². The summed E-state index contributed by atoms with van der Waals surface area (Å²) in [6, 6.07) is 2.91. The third-order valence-corrected chi connectivity index (χ3v) is 5.49. The smallest absolute Gasteiger partial charge is 0.413 e. The summed E-state index contributed by atoms with van der Waals surface area (Å²) in [5.41, 5.74) is -0.554. The van der Waals surface area contributed by atoms with Gasteiger partial charge in [0.2, 0.25) is 0 Å². The zero-order valence-corrected chi connectivity index (χ0v) is 13.9. The first-order chi connectivity index (χ1) is 11.1. The molecule has 1 fully saturated rings. The van der Waals surface area contributed by atoms with Crippen molar-refractivity contribution in [2.45, 2.75) is 38.2 Å². The number of halogens is 3. The van der Waals surface area contributed by atoms with Crippen LogP contribution in [-0.2, 0) is 14.9 Å². The van der Waals surface area contributed by atoms with Crippen molar-refractivity contribution < 1.29 is 26.4 Å². The van der Waals surface area contributed by atoms with Crippen molar-refractivity contribution in [3.63, 3.8) is 0 Å². The second-order valence-electron chi connectivity index (χ2n) is 6.06. The fourth-order valence-electron chi connectivity index (χ4n) is 3.16. The molecule has 1 saturated heterocycles. The van der Waals surface area contributed by atoms with E-state index in [1.807, 2.05) is 13.0 Å². The van der Waals surface area contributed by atoms with Crippen molar-refractivity contribution in [3.8, 4) is 0 Å². The Morgan fingerprint density at radius 3 is 2.62 bits per heavy atom. The second-order valence-corrected chi connectivity index (χ2v) is 7.74. The number of sulfonamides is 1. The first kappa shape index (κ1) is 17.1. The van der Waals surface area contributed by atoms with Crippen molar-refractivity contribution in [1.82, 2.24) is 5.48 Å². The number of aryl methyl sites for hydroxylation is 2. The first-order valence-corrected chi connectivity index (χ1v) is 8.91. The van der Waals surface area contributed by atoms with Gasteiger partial charge >= 0.3 is 15.5 Å². The zero-order valence-electron chi connectivity index (χ0n) is 13.1. The van der Waals surface area contributed by atoms with Crippen LogP contribution in [0.1, 0.15) is 35.6 Å². The first-order valence-electron chi connectivity index (χ1n) is 7.43. The van der Waals surface area contributed by atoms with Crippen LogP contribution >= 0.6 is 0 Å². The summed E-state index contributed by atoms with van der Waals surface area (Å²) in [5.74, 6) is 0.941. The Bertz CT molecular complexity index is 803. The summed E-state index contributed by atoms with van der Waals surface area (Å²) in [6.07, 6.45) is 3.75.